The molecule has 0 saturated heterocycles. The van der Waals surface area contributed by atoms with Crippen molar-refractivity contribution in [2.75, 3.05) is 0 Å². The first-order valence-corrected chi connectivity index (χ1v) is 5.68. The maximum Gasteiger partial charge on any atom is -0.00933 e. The highest BCUT2D eigenvalue weighted by Crippen LogP contribution is 2.42. The third-order valence-electron chi connectivity index (χ3n) is 3.80. The lowest BCUT2D eigenvalue weighted by Crippen LogP contribution is -2.21. The highest BCUT2D eigenvalue weighted by atomic mass is 14.3. The Kier molecular flexibility index (Phi) is 1.93. The van der Waals surface area contributed by atoms with Crippen molar-refractivity contribution in [3.05, 3.63) is 47.5 Å². The van der Waals surface area contributed by atoms with Gasteiger partial charge in [-0.15, -0.1) is 0 Å². The van der Waals surface area contributed by atoms with Gasteiger partial charge in [-0.2, -0.15) is 0 Å². The van der Waals surface area contributed by atoms with Crippen molar-refractivity contribution in [3.63, 3.8) is 0 Å². The van der Waals surface area contributed by atoms with E-state index in [-0.39, 0.29) is 0 Å². The summed E-state index contributed by atoms with van der Waals surface area (Å²) in [7, 11) is 0. The van der Waals surface area contributed by atoms with E-state index >= 15 is 0 Å². The number of rotatable bonds is 0. The fraction of sp³-hybridized carbons (Fsp3) is 0.429. The minimum atomic E-state index is 0.824. The van der Waals surface area contributed by atoms with E-state index in [2.05, 4.69) is 36.4 Å². The summed E-state index contributed by atoms with van der Waals surface area (Å²) >= 11 is 0. The van der Waals surface area contributed by atoms with Crippen LogP contribution in [0.1, 0.15) is 36.3 Å². The van der Waals surface area contributed by atoms with Gasteiger partial charge in [0, 0.05) is 0 Å². The summed E-state index contributed by atoms with van der Waals surface area (Å²) in [6, 6.07) is 9.02. The molecule has 0 saturated carbocycles. The van der Waals surface area contributed by atoms with Crippen LogP contribution in [0.4, 0.5) is 0 Å². The van der Waals surface area contributed by atoms with Crippen molar-refractivity contribution in [1.29, 1.82) is 0 Å². The van der Waals surface area contributed by atoms with Crippen LogP contribution in [0.3, 0.4) is 0 Å². The van der Waals surface area contributed by atoms with Gasteiger partial charge in [-0.25, -0.2) is 0 Å². The van der Waals surface area contributed by atoms with Crippen molar-refractivity contribution in [2.24, 2.45) is 5.92 Å². The van der Waals surface area contributed by atoms with Gasteiger partial charge in [-0.05, 0) is 48.6 Å². The summed E-state index contributed by atoms with van der Waals surface area (Å²) in [6.45, 7) is 0. The van der Waals surface area contributed by atoms with Crippen LogP contribution in [-0.2, 0) is 6.42 Å². The molecule has 0 fully saturated rings. The summed E-state index contributed by atoms with van der Waals surface area (Å²) in [5.41, 5.74) is 3.23. The van der Waals surface area contributed by atoms with Gasteiger partial charge in [0.15, 0.2) is 0 Å². The molecule has 2 aliphatic carbocycles. The molecule has 0 aliphatic heterocycles. The quantitative estimate of drug-likeness (QED) is 0.539. The molecule has 3 rings (SSSR count). The molecule has 0 unspecified atom stereocenters. The van der Waals surface area contributed by atoms with Crippen molar-refractivity contribution in [3.8, 4) is 0 Å². The molecule has 2 aliphatic rings. The second-order valence-corrected chi connectivity index (χ2v) is 4.55. The van der Waals surface area contributed by atoms with E-state index < -0.39 is 0 Å². The van der Waals surface area contributed by atoms with Gasteiger partial charge in [0.2, 0.25) is 0 Å². The number of hydrogen-bond acceptors (Lipinski definition) is 0. The maximum absolute atomic E-state index is 2.37. The van der Waals surface area contributed by atoms with Gasteiger partial charge in [0.05, 0.1) is 0 Å². The Labute approximate surface area is 85.6 Å². The van der Waals surface area contributed by atoms with Gasteiger partial charge < -0.3 is 0 Å². The summed E-state index contributed by atoms with van der Waals surface area (Å²) < 4.78 is 0. The van der Waals surface area contributed by atoms with E-state index in [4.69, 9.17) is 0 Å². The molecule has 0 radical (unpaired) electrons. The average Bonchev–Trinajstić information content (AvgIpc) is 2.29. The molecule has 0 bridgehead atoms. The van der Waals surface area contributed by atoms with Gasteiger partial charge in [0.25, 0.3) is 0 Å². The number of aryl methyl sites for hydroxylation is 1. The van der Waals surface area contributed by atoms with Crippen LogP contribution in [-0.4, -0.2) is 0 Å². The molecule has 0 heteroatoms. The Bertz CT molecular complexity index is 362. The van der Waals surface area contributed by atoms with Crippen LogP contribution in [0, 0.1) is 5.92 Å². The molecule has 72 valence electrons. The molecular formula is C14H16. The Morgan fingerprint density at radius 1 is 1.00 bits per heavy atom. The second-order valence-electron chi connectivity index (χ2n) is 4.55. The lowest BCUT2D eigenvalue weighted by Gasteiger charge is -2.34. The molecule has 0 nitrogen and oxygen atoms in total. The second kappa shape index (κ2) is 3.27. The smallest absolute Gasteiger partial charge is 0.00933 e. The van der Waals surface area contributed by atoms with E-state index in [0.717, 1.165) is 11.8 Å². The molecule has 1 aromatic carbocycles. The average molecular weight is 184 g/mol. The molecule has 0 N–H and O–H groups in total. The molecule has 14 heavy (non-hydrogen) atoms. The zero-order valence-electron chi connectivity index (χ0n) is 8.45. The zero-order valence-corrected chi connectivity index (χ0v) is 8.45. The largest absolute Gasteiger partial charge is 0.0882 e. The minimum absolute atomic E-state index is 0.824. The van der Waals surface area contributed by atoms with Crippen LogP contribution in [0.15, 0.2) is 36.4 Å². The van der Waals surface area contributed by atoms with E-state index in [1.165, 1.54) is 25.7 Å². The molecule has 0 aromatic heterocycles. The van der Waals surface area contributed by atoms with Crippen LogP contribution < -0.4 is 0 Å². The number of fused-ring (bicyclic) bond motifs is 3. The standard InChI is InChI=1S/C14H16/c1-3-7-13-11(5-1)9-10-12-6-2-4-8-14(12)13/h1-5,7,12,14H,6,8-10H2/t12-,14-/m1/s1. The lowest BCUT2D eigenvalue weighted by molar-refractivity contribution is 0.364. The third-order valence-corrected chi connectivity index (χ3v) is 3.80. The number of allylic oxidation sites excluding steroid dienone is 2. The predicted molar refractivity (Wildman–Crippen MR) is 59.4 cm³/mol. The molecule has 0 spiro atoms. The van der Waals surface area contributed by atoms with Crippen molar-refractivity contribution >= 4 is 0 Å². The molecule has 1 aromatic rings. The summed E-state index contributed by atoms with van der Waals surface area (Å²) in [5.74, 6) is 1.75. The molecule has 0 amide bonds. The summed E-state index contributed by atoms with van der Waals surface area (Å²) in [4.78, 5) is 0. The first kappa shape index (κ1) is 8.28. The Morgan fingerprint density at radius 2 is 1.86 bits per heavy atom. The third kappa shape index (κ3) is 1.21. The van der Waals surface area contributed by atoms with Crippen molar-refractivity contribution in [1.82, 2.24) is 0 Å². The van der Waals surface area contributed by atoms with Gasteiger partial charge in [0.1, 0.15) is 0 Å². The minimum Gasteiger partial charge on any atom is -0.0882 e. The van der Waals surface area contributed by atoms with Crippen LogP contribution >= 0.6 is 0 Å². The highest BCUT2D eigenvalue weighted by Gasteiger charge is 2.28. The van der Waals surface area contributed by atoms with Gasteiger partial charge >= 0.3 is 0 Å². The summed E-state index contributed by atoms with van der Waals surface area (Å²) in [5, 5.41) is 0. The van der Waals surface area contributed by atoms with Crippen LogP contribution in [0.2, 0.25) is 0 Å². The fourth-order valence-corrected chi connectivity index (χ4v) is 3.03. The first-order chi connectivity index (χ1) is 6.95. The SMILES string of the molecule is C1=CC[C@H]2c3ccccc3CC[C@H]2C1. The Morgan fingerprint density at radius 3 is 2.86 bits per heavy atom. The molecule has 0 heterocycles. The van der Waals surface area contributed by atoms with E-state index in [1.54, 1.807) is 11.1 Å². The number of hydrogen-bond donors (Lipinski definition) is 0. The number of benzene rings is 1. The highest BCUT2D eigenvalue weighted by molar-refractivity contribution is 5.34. The lowest BCUT2D eigenvalue weighted by atomic mass is 9.70. The monoisotopic (exact) mass is 184 g/mol. The van der Waals surface area contributed by atoms with Crippen molar-refractivity contribution in [2.45, 2.75) is 31.6 Å². The fourth-order valence-electron chi connectivity index (χ4n) is 3.03. The predicted octanol–water partition coefficient (Wildman–Crippen LogP) is 3.68. The zero-order chi connectivity index (χ0) is 9.38. The van der Waals surface area contributed by atoms with Gasteiger partial charge in [-0.3, -0.25) is 0 Å². The normalized spacial score (nSPS) is 29.4. The van der Waals surface area contributed by atoms with Gasteiger partial charge in [-0.1, -0.05) is 36.4 Å². The van der Waals surface area contributed by atoms with Crippen LogP contribution in [0.25, 0.3) is 0 Å². The first-order valence-electron chi connectivity index (χ1n) is 5.68. The molecular weight excluding hydrogens is 168 g/mol. The Hall–Kier alpha value is -1.04. The summed E-state index contributed by atoms with van der Waals surface area (Å²) in [6.07, 6.45) is 10.00. The van der Waals surface area contributed by atoms with Crippen LogP contribution in [0.5, 0.6) is 0 Å². The van der Waals surface area contributed by atoms with E-state index in [0.29, 0.717) is 0 Å². The maximum atomic E-state index is 2.37. The molecule has 2 atom stereocenters. The van der Waals surface area contributed by atoms with E-state index in [9.17, 15) is 0 Å². The Balaban J connectivity index is 2.04. The van der Waals surface area contributed by atoms with E-state index in [1.807, 2.05) is 0 Å². The topological polar surface area (TPSA) is 0 Å². The van der Waals surface area contributed by atoms with Crippen molar-refractivity contribution < 1.29 is 0 Å².